The predicted octanol–water partition coefficient (Wildman–Crippen LogP) is 4.00. The molecule has 2 amide bonds. The van der Waals surface area contributed by atoms with Crippen LogP contribution in [0.5, 0.6) is 5.75 Å². The van der Waals surface area contributed by atoms with Crippen LogP contribution in [0.25, 0.3) is 0 Å². The van der Waals surface area contributed by atoms with Crippen molar-refractivity contribution in [3.8, 4) is 5.75 Å². The van der Waals surface area contributed by atoms with Gasteiger partial charge >= 0.3 is 0 Å². The number of hydrogen-bond acceptors (Lipinski definition) is 7. The number of nitrogens with zero attached hydrogens (tertiary/aromatic N) is 3. The Bertz CT molecular complexity index is 1270. The van der Waals surface area contributed by atoms with E-state index < -0.39 is 40.5 Å². The fourth-order valence-corrected chi connectivity index (χ4v) is 4.44. The molecule has 9 nitrogen and oxygen atoms in total. The number of nitro benzene ring substituents is 1. The smallest absolute Gasteiger partial charge is 0.289 e. The lowest BCUT2D eigenvalue weighted by Gasteiger charge is -2.28. The van der Waals surface area contributed by atoms with Crippen LogP contribution < -0.4 is 9.96 Å². The molecule has 33 heavy (non-hydrogen) atoms. The van der Waals surface area contributed by atoms with Gasteiger partial charge in [0.15, 0.2) is 6.10 Å². The lowest BCUT2D eigenvalue weighted by Crippen LogP contribution is -2.37. The fourth-order valence-electron chi connectivity index (χ4n) is 4.26. The minimum Gasteiger partial charge on any atom is -0.508 e. The summed E-state index contributed by atoms with van der Waals surface area (Å²) in [6.07, 6.45) is -1.12. The van der Waals surface area contributed by atoms with Crippen molar-refractivity contribution in [3.63, 3.8) is 0 Å². The lowest BCUT2D eigenvalue weighted by molar-refractivity contribution is -0.384. The van der Waals surface area contributed by atoms with E-state index in [0.29, 0.717) is 11.3 Å². The average molecular weight is 466 g/mol. The summed E-state index contributed by atoms with van der Waals surface area (Å²) in [5.74, 6) is -2.01. The first-order valence-corrected chi connectivity index (χ1v) is 10.4. The van der Waals surface area contributed by atoms with E-state index in [1.54, 1.807) is 24.3 Å². The van der Waals surface area contributed by atoms with Gasteiger partial charge in [-0.3, -0.25) is 24.5 Å². The van der Waals surface area contributed by atoms with E-state index in [1.165, 1.54) is 29.3 Å². The molecule has 3 aromatic carbocycles. The summed E-state index contributed by atoms with van der Waals surface area (Å²) in [5.41, 5.74) is 0.956. The summed E-state index contributed by atoms with van der Waals surface area (Å²) in [5, 5.41) is 22.4. The molecule has 0 radical (unpaired) electrons. The maximum atomic E-state index is 13.5. The lowest BCUT2D eigenvalue weighted by atomic mass is 9.90. The van der Waals surface area contributed by atoms with Crippen molar-refractivity contribution < 1.29 is 24.5 Å². The zero-order valence-corrected chi connectivity index (χ0v) is 17.6. The number of anilines is 2. The number of phenolic OH excluding ortho intramolecular Hbond substituents is 1. The third kappa shape index (κ3) is 3.38. The maximum Gasteiger partial charge on any atom is 0.289 e. The zero-order valence-electron chi connectivity index (χ0n) is 16.9. The second-order valence-corrected chi connectivity index (χ2v) is 8.06. The molecule has 2 aliphatic heterocycles. The molecule has 166 valence electrons. The topological polar surface area (TPSA) is 113 Å². The number of amides is 2. The summed E-state index contributed by atoms with van der Waals surface area (Å²) in [6.45, 7) is 0. The molecule has 0 saturated carbocycles. The Labute approximate surface area is 192 Å². The van der Waals surface area contributed by atoms with Crippen molar-refractivity contribution in [2.75, 3.05) is 9.96 Å². The number of rotatable bonds is 4. The van der Waals surface area contributed by atoms with E-state index >= 15 is 0 Å². The van der Waals surface area contributed by atoms with Crippen LogP contribution in [0, 0.1) is 16.0 Å². The van der Waals surface area contributed by atoms with E-state index in [-0.39, 0.29) is 16.5 Å². The number of fused-ring (bicyclic) bond motifs is 1. The average Bonchev–Trinajstić information content (AvgIpc) is 3.31. The van der Waals surface area contributed by atoms with Crippen molar-refractivity contribution in [2.24, 2.45) is 5.92 Å². The third-order valence-electron chi connectivity index (χ3n) is 5.75. The van der Waals surface area contributed by atoms with Crippen molar-refractivity contribution >= 4 is 40.5 Å². The zero-order chi connectivity index (χ0) is 23.3. The van der Waals surface area contributed by atoms with Gasteiger partial charge in [-0.15, -0.1) is 0 Å². The highest BCUT2D eigenvalue weighted by atomic mass is 35.5. The van der Waals surface area contributed by atoms with Gasteiger partial charge in [0.05, 0.1) is 22.3 Å². The molecule has 0 spiro atoms. The van der Waals surface area contributed by atoms with Gasteiger partial charge in [0, 0.05) is 6.07 Å². The fraction of sp³-hybridized carbons (Fsp3) is 0.130. The minimum atomic E-state index is -1.12. The van der Waals surface area contributed by atoms with Crippen LogP contribution in [0.2, 0.25) is 5.02 Å². The highest BCUT2D eigenvalue weighted by molar-refractivity contribution is 6.33. The Hall–Kier alpha value is -3.95. The van der Waals surface area contributed by atoms with Crippen molar-refractivity contribution in [3.05, 3.63) is 93.5 Å². The van der Waals surface area contributed by atoms with Crippen LogP contribution in [0.1, 0.15) is 11.6 Å². The summed E-state index contributed by atoms with van der Waals surface area (Å²) >= 11 is 5.89. The molecule has 2 heterocycles. The Kier molecular flexibility index (Phi) is 4.99. The van der Waals surface area contributed by atoms with Crippen LogP contribution in [-0.2, 0) is 14.4 Å². The largest absolute Gasteiger partial charge is 0.508 e. The van der Waals surface area contributed by atoms with E-state index in [1.807, 2.05) is 18.2 Å². The van der Waals surface area contributed by atoms with Crippen molar-refractivity contribution in [1.29, 1.82) is 0 Å². The van der Waals surface area contributed by atoms with Crippen molar-refractivity contribution in [1.82, 2.24) is 0 Å². The molecule has 2 saturated heterocycles. The van der Waals surface area contributed by atoms with Gasteiger partial charge in [-0.25, -0.2) is 9.96 Å². The van der Waals surface area contributed by atoms with E-state index in [9.17, 15) is 24.8 Å². The van der Waals surface area contributed by atoms with Crippen LogP contribution in [0.4, 0.5) is 17.1 Å². The van der Waals surface area contributed by atoms with E-state index in [2.05, 4.69) is 0 Å². The molecular formula is C23H16ClN3O6. The van der Waals surface area contributed by atoms with Gasteiger partial charge in [-0.2, -0.15) is 0 Å². The molecule has 3 aromatic rings. The first-order chi connectivity index (χ1) is 15.9. The second kappa shape index (κ2) is 7.88. The number of imide groups is 1. The van der Waals surface area contributed by atoms with E-state index in [4.69, 9.17) is 16.4 Å². The molecule has 0 bridgehead atoms. The van der Waals surface area contributed by atoms with Gasteiger partial charge in [0.1, 0.15) is 16.7 Å². The van der Waals surface area contributed by atoms with Gasteiger partial charge < -0.3 is 5.11 Å². The Balaban J connectivity index is 1.58. The number of phenols is 1. The Morgan fingerprint density at radius 1 is 0.939 bits per heavy atom. The highest BCUT2D eigenvalue weighted by Crippen LogP contribution is 2.48. The maximum absolute atomic E-state index is 13.5. The standard InChI is InChI=1S/C23H16ClN3O6/c24-17-11-8-15(12-18(17)27(31)32)25-22(29)19-20(13-6-9-16(28)10-7-13)26(33-21(19)23(25)30)14-4-2-1-3-5-14/h1-12,19-21,28H/t19-,20-,21-/m1/s1. The number of halogens is 1. The molecular weight excluding hydrogens is 450 g/mol. The van der Waals surface area contributed by atoms with Crippen molar-refractivity contribution in [2.45, 2.75) is 12.1 Å². The molecule has 5 rings (SSSR count). The monoisotopic (exact) mass is 465 g/mol. The SMILES string of the molecule is O=C1[C@@H]2[C@@H](c3ccc(O)cc3)N(c3ccccc3)O[C@H]2C(=O)N1c1ccc(Cl)c([N+](=O)[O-])c1. The summed E-state index contributed by atoms with van der Waals surface area (Å²) < 4.78 is 0. The minimum absolute atomic E-state index is 0.0508. The summed E-state index contributed by atoms with van der Waals surface area (Å²) in [7, 11) is 0. The second-order valence-electron chi connectivity index (χ2n) is 7.65. The third-order valence-corrected chi connectivity index (χ3v) is 6.06. The first kappa shape index (κ1) is 20.9. The van der Waals surface area contributed by atoms with Crippen LogP contribution in [-0.4, -0.2) is 27.9 Å². The quantitative estimate of drug-likeness (QED) is 0.352. The summed E-state index contributed by atoms with van der Waals surface area (Å²) in [4.78, 5) is 44.4. The molecule has 0 aliphatic carbocycles. The molecule has 0 unspecified atom stereocenters. The molecule has 0 aromatic heterocycles. The van der Waals surface area contributed by atoms with Crippen LogP contribution in [0.15, 0.2) is 72.8 Å². The van der Waals surface area contributed by atoms with Gasteiger partial charge in [0.25, 0.3) is 11.6 Å². The molecule has 1 N–H and O–H groups in total. The molecule has 3 atom stereocenters. The van der Waals surface area contributed by atoms with Gasteiger partial charge in [-0.1, -0.05) is 41.9 Å². The molecule has 10 heteroatoms. The van der Waals surface area contributed by atoms with Gasteiger partial charge in [-0.05, 0) is 42.0 Å². The molecule has 2 aliphatic rings. The predicted molar refractivity (Wildman–Crippen MR) is 119 cm³/mol. The number of aromatic hydroxyl groups is 1. The number of carbonyl (C=O) groups excluding carboxylic acids is 2. The number of nitro groups is 1. The number of hydroxylamine groups is 1. The molecule has 2 fully saturated rings. The Morgan fingerprint density at radius 2 is 1.64 bits per heavy atom. The van der Waals surface area contributed by atoms with Crippen LogP contribution in [0.3, 0.4) is 0 Å². The summed E-state index contributed by atoms with van der Waals surface area (Å²) in [6, 6.07) is 18.5. The first-order valence-electron chi connectivity index (χ1n) is 9.98. The van der Waals surface area contributed by atoms with Gasteiger partial charge in [0.2, 0.25) is 5.91 Å². The Morgan fingerprint density at radius 3 is 2.30 bits per heavy atom. The highest BCUT2D eigenvalue weighted by Gasteiger charge is 2.60. The van der Waals surface area contributed by atoms with Crippen LogP contribution >= 0.6 is 11.6 Å². The number of carbonyl (C=O) groups is 2. The number of para-hydroxylation sites is 1. The number of hydrogen-bond donors (Lipinski definition) is 1. The normalized spacial score (nSPS) is 22.0. The van der Waals surface area contributed by atoms with E-state index in [0.717, 1.165) is 11.0 Å². The number of benzene rings is 3.